The van der Waals surface area contributed by atoms with Gasteiger partial charge in [0.25, 0.3) is 0 Å². The molecule has 2 rings (SSSR count). The molecule has 4 nitrogen and oxygen atoms in total. The third-order valence-electron chi connectivity index (χ3n) is 3.91. The van der Waals surface area contributed by atoms with Crippen molar-refractivity contribution < 1.29 is 23.0 Å². The van der Waals surface area contributed by atoms with Gasteiger partial charge in [-0.2, -0.15) is 0 Å². The fourth-order valence-electron chi connectivity index (χ4n) is 2.47. The van der Waals surface area contributed by atoms with Gasteiger partial charge in [0, 0.05) is 24.7 Å². The van der Waals surface area contributed by atoms with Crippen LogP contribution in [0, 0.1) is 11.6 Å². The van der Waals surface area contributed by atoms with Crippen LogP contribution in [0.1, 0.15) is 18.1 Å². The molecule has 0 aromatic heterocycles. The molecule has 26 heavy (non-hydrogen) atoms. The highest BCUT2D eigenvalue weighted by Crippen LogP contribution is 2.28. The average molecular weight is 361 g/mol. The molecule has 138 valence electrons. The smallest absolute Gasteiger partial charge is 0.246 e. The zero-order valence-corrected chi connectivity index (χ0v) is 15.0. The maximum absolute atomic E-state index is 13.6. The van der Waals surface area contributed by atoms with E-state index >= 15 is 0 Å². The van der Waals surface area contributed by atoms with Gasteiger partial charge in [0.15, 0.2) is 11.5 Å². The third kappa shape index (κ3) is 4.59. The molecule has 0 heterocycles. The summed E-state index contributed by atoms with van der Waals surface area (Å²) in [5, 5.41) is 0. The predicted octanol–water partition coefficient (Wildman–Crippen LogP) is 4.04. The van der Waals surface area contributed by atoms with E-state index in [4.69, 9.17) is 9.47 Å². The lowest BCUT2D eigenvalue weighted by Crippen LogP contribution is -2.28. The summed E-state index contributed by atoms with van der Waals surface area (Å²) in [4.78, 5) is 13.9. The van der Waals surface area contributed by atoms with Crippen LogP contribution in [0.25, 0.3) is 6.08 Å². The largest absolute Gasteiger partial charge is 0.493 e. The molecule has 0 radical (unpaired) electrons. The molecule has 0 saturated carbocycles. The Morgan fingerprint density at radius 2 is 1.73 bits per heavy atom. The Morgan fingerprint density at radius 1 is 1.08 bits per heavy atom. The van der Waals surface area contributed by atoms with E-state index in [-0.39, 0.29) is 11.5 Å². The molecule has 0 N–H and O–H groups in total. The maximum Gasteiger partial charge on any atom is 0.246 e. The maximum atomic E-state index is 13.6. The SMILES string of the molecule is CCN(Cc1ccc(OC)c(OC)c1)C(=O)/C=C/c1c(F)cccc1F. The van der Waals surface area contributed by atoms with Crippen molar-refractivity contribution in [3.8, 4) is 11.5 Å². The highest BCUT2D eigenvalue weighted by molar-refractivity contribution is 5.91. The van der Waals surface area contributed by atoms with Gasteiger partial charge >= 0.3 is 0 Å². The second-order valence-corrected chi connectivity index (χ2v) is 5.51. The number of rotatable bonds is 7. The molecular formula is C20H21F2NO3. The molecule has 0 aliphatic heterocycles. The zero-order valence-electron chi connectivity index (χ0n) is 15.0. The van der Waals surface area contributed by atoms with E-state index in [0.717, 1.165) is 23.8 Å². The summed E-state index contributed by atoms with van der Waals surface area (Å²) in [7, 11) is 3.09. The van der Waals surface area contributed by atoms with Crippen molar-refractivity contribution in [2.24, 2.45) is 0 Å². The summed E-state index contributed by atoms with van der Waals surface area (Å²) < 4.78 is 37.7. The van der Waals surface area contributed by atoms with Gasteiger partial charge in [-0.15, -0.1) is 0 Å². The van der Waals surface area contributed by atoms with Crippen LogP contribution in [0.5, 0.6) is 11.5 Å². The van der Waals surface area contributed by atoms with E-state index in [1.54, 1.807) is 24.1 Å². The standard InChI is InChI=1S/C20H21F2NO3/c1-4-23(13-14-8-10-18(25-2)19(12-14)26-3)20(24)11-9-15-16(21)6-5-7-17(15)22/h5-12H,4,13H2,1-3H3/b11-9+. The first-order chi connectivity index (χ1) is 12.5. The monoisotopic (exact) mass is 361 g/mol. The van der Waals surface area contributed by atoms with Gasteiger partial charge in [0.05, 0.1) is 14.2 Å². The first kappa shape index (κ1) is 19.4. The van der Waals surface area contributed by atoms with E-state index < -0.39 is 11.6 Å². The second-order valence-electron chi connectivity index (χ2n) is 5.51. The molecule has 0 unspecified atom stereocenters. The van der Waals surface area contributed by atoms with Crippen LogP contribution in [0.2, 0.25) is 0 Å². The number of nitrogens with zero attached hydrogens (tertiary/aromatic N) is 1. The van der Waals surface area contributed by atoms with Crippen LogP contribution in [0.3, 0.4) is 0 Å². The minimum atomic E-state index is -0.711. The molecule has 1 amide bonds. The van der Waals surface area contributed by atoms with Crippen LogP contribution in [0.4, 0.5) is 8.78 Å². The highest BCUT2D eigenvalue weighted by Gasteiger charge is 2.12. The normalized spacial score (nSPS) is 10.8. The molecule has 6 heteroatoms. The van der Waals surface area contributed by atoms with Crippen LogP contribution in [-0.4, -0.2) is 31.6 Å². The fourth-order valence-corrected chi connectivity index (χ4v) is 2.47. The van der Waals surface area contributed by atoms with E-state index in [0.29, 0.717) is 24.6 Å². The lowest BCUT2D eigenvalue weighted by Gasteiger charge is -2.20. The van der Waals surface area contributed by atoms with Gasteiger partial charge in [-0.25, -0.2) is 8.78 Å². The number of halogens is 2. The van der Waals surface area contributed by atoms with Crippen molar-refractivity contribution in [2.45, 2.75) is 13.5 Å². The lowest BCUT2D eigenvalue weighted by atomic mass is 10.1. The summed E-state index contributed by atoms with van der Waals surface area (Å²) in [6.07, 6.45) is 2.33. The van der Waals surface area contributed by atoms with Crippen LogP contribution in [-0.2, 0) is 11.3 Å². The predicted molar refractivity (Wildman–Crippen MR) is 96.0 cm³/mol. The fraction of sp³-hybridized carbons (Fsp3) is 0.250. The first-order valence-electron chi connectivity index (χ1n) is 8.12. The molecule has 0 spiro atoms. The van der Waals surface area contributed by atoms with Gasteiger partial charge in [-0.3, -0.25) is 4.79 Å². The third-order valence-corrected chi connectivity index (χ3v) is 3.91. The summed E-state index contributed by atoms with van der Waals surface area (Å²) in [5.41, 5.74) is 0.617. The average Bonchev–Trinajstić information content (AvgIpc) is 2.65. The van der Waals surface area contributed by atoms with Crippen molar-refractivity contribution in [3.05, 3.63) is 65.2 Å². The number of benzene rings is 2. The van der Waals surface area contributed by atoms with Crippen molar-refractivity contribution >= 4 is 12.0 Å². The topological polar surface area (TPSA) is 38.8 Å². The summed E-state index contributed by atoms with van der Waals surface area (Å²) in [5.74, 6) is -0.600. The van der Waals surface area contributed by atoms with Crippen LogP contribution < -0.4 is 9.47 Å². The number of hydrogen-bond acceptors (Lipinski definition) is 3. The second kappa shape index (κ2) is 8.99. The number of ether oxygens (including phenoxy) is 2. The van der Waals surface area contributed by atoms with E-state index in [1.165, 1.54) is 19.3 Å². The van der Waals surface area contributed by atoms with Gasteiger partial charge < -0.3 is 14.4 Å². The van der Waals surface area contributed by atoms with Crippen LogP contribution >= 0.6 is 0 Å². The number of carbonyl (C=O) groups excluding carboxylic acids is 1. The molecule has 0 aliphatic carbocycles. The number of hydrogen-bond donors (Lipinski definition) is 0. The van der Waals surface area contributed by atoms with E-state index in [2.05, 4.69) is 0 Å². The molecule has 0 atom stereocenters. The number of methoxy groups -OCH3 is 2. The van der Waals surface area contributed by atoms with Gasteiger partial charge in [-0.05, 0) is 42.8 Å². The Balaban J connectivity index is 2.15. The first-order valence-corrected chi connectivity index (χ1v) is 8.12. The number of amides is 1. The molecule has 0 saturated heterocycles. The molecular weight excluding hydrogens is 340 g/mol. The Kier molecular flexibility index (Phi) is 6.72. The Morgan fingerprint density at radius 3 is 2.31 bits per heavy atom. The van der Waals surface area contributed by atoms with Crippen molar-refractivity contribution in [1.29, 1.82) is 0 Å². The molecule has 2 aromatic rings. The van der Waals surface area contributed by atoms with Gasteiger partial charge in [0.1, 0.15) is 11.6 Å². The molecule has 2 aromatic carbocycles. The Hall–Kier alpha value is -2.89. The number of carbonyl (C=O) groups is 1. The van der Waals surface area contributed by atoms with Crippen molar-refractivity contribution in [3.63, 3.8) is 0 Å². The molecule has 0 aliphatic rings. The van der Waals surface area contributed by atoms with Crippen LogP contribution in [0.15, 0.2) is 42.5 Å². The van der Waals surface area contributed by atoms with E-state index in [1.807, 2.05) is 13.0 Å². The highest BCUT2D eigenvalue weighted by atomic mass is 19.1. The molecule has 0 bridgehead atoms. The lowest BCUT2D eigenvalue weighted by molar-refractivity contribution is -0.126. The minimum Gasteiger partial charge on any atom is -0.493 e. The Labute approximate surface area is 151 Å². The van der Waals surface area contributed by atoms with Gasteiger partial charge in [-0.1, -0.05) is 12.1 Å². The summed E-state index contributed by atoms with van der Waals surface area (Å²) in [6.45, 7) is 2.60. The van der Waals surface area contributed by atoms with Gasteiger partial charge in [0.2, 0.25) is 5.91 Å². The summed E-state index contributed by atoms with van der Waals surface area (Å²) >= 11 is 0. The Bertz CT molecular complexity index is 785. The van der Waals surface area contributed by atoms with Crippen molar-refractivity contribution in [2.75, 3.05) is 20.8 Å². The quantitative estimate of drug-likeness (QED) is 0.699. The minimum absolute atomic E-state index is 0.233. The summed E-state index contributed by atoms with van der Waals surface area (Å²) in [6, 6.07) is 8.95. The van der Waals surface area contributed by atoms with Crippen molar-refractivity contribution in [1.82, 2.24) is 4.90 Å². The number of likely N-dealkylation sites (N-methyl/N-ethyl adjacent to an activating group) is 1. The van der Waals surface area contributed by atoms with E-state index in [9.17, 15) is 13.6 Å². The molecule has 0 fully saturated rings. The zero-order chi connectivity index (χ0) is 19.1.